The summed E-state index contributed by atoms with van der Waals surface area (Å²) in [4.78, 5) is 7.13. The van der Waals surface area contributed by atoms with E-state index in [-0.39, 0.29) is 0 Å². The standard InChI is InChI=1S/C45H33N3O3/c1-28-43(46-31-16-4-10-22-37(31)49-38-23-11-5-17-32(38)46)29(2)45(48-35-20-8-14-26-41(35)51-42-27-15-9-21-36(42)48)30(3)44(28)47-33-18-6-12-24-39(33)50-40-25-13-7-19-34(40)47/h4-27H,1-3H3. The topological polar surface area (TPSA) is 37.4 Å². The van der Waals surface area contributed by atoms with Gasteiger partial charge in [0.15, 0.2) is 34.5 Å². The molecule has 10 rings (SSSR count). The summed E-state index contributed by atoms with van der Waals surface area (Å²) in [6.07, 6.45) is 0. The molecule has 7 aromatic rings. The molecule has 3 aliphatic rings. The van der Waals surface area contributed by atoms with Crippen LogP contribution in [0.4, 0.5) is 51.2 Å². The molecule has 0 unspecified atom stereocenters. The third kappa shape index (κ3) is 4.29. The molecule has 0 amide bonds. The first kappa shape index (κ1) is 29.3. The van der Waals surface area contributed by atoms with Gasteiger partial charge >= 0.3 is 0 Å². The van der Waals surface area contributed by atoms with Crippen molar-refractivity contribution < 1.29 is 14.2 Å². The molecule has 51 heavy (non-hydrogen) atoms. The highest BCUT2D eigenvalue weighted by molar-refractivity contribution is 6.01. The molecule has 0 aromatic heterocycles. The number of hydrogen-bond donors (Lipinski definition) is 0. The van der Waals surface area contributed by atoms with E-state index < -0.39 is 0 Å². The highest BCUT2D eigenvalue weighted by atomic mass is 16.5. The van der Waals surface area contributed by atoms with Crippen LogP contribution >= 0.6 is 0 Å². The van der Waals surface area contributed by atoms with Gasteiger partial charge in [-0.15, -0.1) is 0 Å². The van der Waals surface area contributed by atoms with Crippen molar-refractivity contribution >= 4 is 51.2 Å². The summed E-state index contributed by atoms with van der Waals surface area (Å²) in [5, 5.41) is 0. The van der Waals surface area contributed by atoms with E-state index in [1.54, 1.807) is 0 Å². The van der Waals surface area contributed by atoms with Crippen LogP contribution in [0.5, 0.6) is 34.5 Å². The quantitative estimate of drug-likeness (QED) is 0.187. The largest absolute Gasteiger partial charge is 0.453 e. The molecule has 7 aromatic carbocycles. The van der Waals surface area contributed by atoms with Crippen LogP contribution in [0.3, 0.4) is 0 Å². The van der Waals surface area contributed by atoms with Gasteiger partial charge in [0.2, 0.25) is 0 Å². The van der Waals surface area contributed by atoms with E-state index >= 15 is 0 Å². The zero-order chi connectivity index (χ0) is 34.2. The highest BCUT2D eigenvalue weighted by Crippen LogP contribution is 2.61. The molecule has 6 nitrogen and oxygen atoms in total. The van der Waals surface area contributed by atoms with E-state index in [4.69, 9.17) is 14.2 Å². The average Bonchev–Trinajstić information content (AvgIpc) is 3.17. The predicted octanol–water partition coefficient (Wildman–Crippen LogP) is 13.3. The molecule has 3 heterocycles. The summed E-state index contributed by atoms with van der Waals surface area (Å²) >= 11 is 0. The van der Waals surface area contributed by atoms with Crippen molar-refractivity contribution in [2.45, 2.75) is 20.8 Å². The van der Waals surface area contributed by atoms with Gasteiger partial charge < -0.3 is 28.9 Å². The molecule has 3 aliphatic heterocycles. The molecule has 246 valence electrons. The number of ether oxygens (including phenoxy) is 3. The van der Waals surface area contributed by atoms with Crippen molar-refractivity contribution in [2.24, 2.45) is 0 Å². The van der Waals surface area contributed by atoms with E-state index in [0.717, 1.165) is 102 Å². The molecule has 0 saturated heterocycles. The minimum atomic E-state index is 0.808. The number of benzene rings is 7. The van der Waals surface area contributed by atoms with Gasteiger partial charge in [0.05, 0.1) is 51.2 Å². The zero-order valence-corrected chi connectivity index (χ0v) is 28.4. The second-order valence-electron chi connectivity index (χ2n) is 13.0. The first-order valence-electron chi connectivity index (χ1n) is 17.2. The van der Waals surface area contributed by atoms with Crippen LogP contribution in [-0.2, 0) is 0 Å². The van der Waals surface area contributed by atoms with Crippen molar-refractivity contribution in [3.8, 4) is 34.5 Å². The smallest absolute Gasteiger partial charge is 0.151 e. The molecule has 0 N–H and O–H groups in total. The van der Waals surface area contributed by atoms with Gasteiger partial charge in [0.25, 0.3) is 0 Å². The molecular formula is C45H33N3O3. The monoisotopic (exact) mass is 663 g/mol. The van der Waals surface area contributed by atoms with Gasteiger partial charge in [-0.3, -0.25) is 0 Å². The Bertz CT molecular complexity index is 2110. The van der Waals surface area contributed by atoms with Crippen LogP contribution in [0.15, 0.2) is 146 Å². The van der Waals surface area contributed by atoms with Gasteiger partial charge in [0, 0.05) is 0 Å². The lowest BCUT2D eigenvalue weighted by molar-refractivity contribution is 0.476. The zero-order valence-electron chi connectivity index (χ0n) is 28.4. The van der Waals surface area contributed by atoms with Crippen LogP contribution in [-0.4, -0.2) is 0 Å². The molecule has 0 radical (unpaired) electrons. The van der Waals surface area contributed by atoms with E-state index in [1.807, 2.05) is 72.8 Å². The Morgan fingerprint density at radius 2 is 0.451 bits per heavy atom. The Hall–Kier alpha value is -6.66. The molecule has 0 atom stereocenters. The number of rotatable bonds is 3. The molecule has 6 heteroatoms. The lowest BCUT2D eigenvalue weighted by atomic mass is 9.93. The molecule has 0 fully saturated rings. The summed E-state index contributed by atoms with van der Waals surface area (Å²) in [5.41, 5.74) is 12.5. The van der Waals surface area contributed by atoms with E-state index in [2.05, 4.69) is 108 Å². The van der Waals surface area contributed by atoms with Crippen molar-refractivity contribution in [3.63, 3.8) is 0 Å². The SMILES string of the molecule is Cc1c(N2c3ccccc3Oc3ccccc32)c(C)c(N2c3ccccc3Oc3ccccc32)c(C)c1N1c2ccccc2Oc2ccccc21. The second kappa shape index (κ2) is 11.2. The molecule has 0 aliphatic carbocycles. The van der Waals surface area contributed by atoms with Crippen molar-refractivity contribution in [3.05, 3.63) is 162 Å². The van der Waals surface area contributed by atoms with Crippen molar-refractivity contribution in [1.82, 2.24) is 0 Å². The summed E-state index contributed by atoms with van der Waals surface area (Å²) in [6, 6.07) is 49.7. The Labute approximate surface area is 296 Å². The van der Waals surface area contributed by atoms with Crippen LogP contribution < -0.4 is 28.9 Å². The van der Waals surface area contributed by atoms with Crippen molar-refractivity contribution in [1.29, 1.82) is 0 Å². The van der Waals surface area contributed by atoms with Gasteiger partial charge in [-0.05, 0) is 110 Å². The fourth-order valence-electron chi connectivity index (χ4n) is 8.02. The van der Waals surface area contributed by atoms with E-state index in [1.165, 1.54) is 0 Å². The van der Waals surface area contributed by atoms with Gasteiger partial charge in [0.1, 0.15) is 0 Å². The average molecular weight is 664 g/mol. The maximum Gasteiger partial charge on any atom is 0.151 e. The minimum Gasteiger partial charge on any atom is -0.453 e. The maximum atomic E-state index is 6.52. The van der Waals surface area contributed by atoms with E-state index in [9.17, 15) is 0 Å². The number of anilines is 9. The summed E-state index contributed by atoms with van der Waals surface area (Å²) in [7, 11) is 0. The third-order valence-corrected chi connectivity index (χ3v) is 10.1. The first-order chi connectivity index (χ1) is 25.1. The number of hydrogen-bond acceptors (Lipinski definition) is 6. The third-order valence-electron chi connectivity index (χ3n) is 10.1. The molecular weight excluding hydrogens is 631 g/mol. The maximum absolute atomic E-state index is 6.52. The van der Waals surface area contributed by atoms with Gasteiger partial charge in [-0.2, -0.15) is 0 Å². The fourth-order valence-corrected chi connectivity index (χ4v) is 8.02. The highest BCUT2D eigenvalue weighted by Gasteiger charge is 2.37. The lowest BCUT2D eigenvalue weighted by Crippen LogP contribution is -2.25. The van der Waals surface area contributed by atoms with Crippen molar-refractivity contribution in [2.75, 3.05) is 14.7 Å². The Morgan fingerprint density at radius 3 is 0.647 bits per heavy atom. The number of fused-ring (bicyclic) bond motifs is 6. The predicted molar refractivity (Wildman–Crippen MR) is 205 cm³/mol. The Balaban J connectivity index is 1.35. The number of nitrogens with zero attached hydrogens (tertiary/aromatic N) is 3. The second-order valence-corrected chi connectivity index (χ2v) is 13.0. The van der Waals surface area contributed by atoms with Crippen LogP contribution in [0.2, 0.25) is 0 Å². The van der Waals surface area contributed by atoms with Crippen LogP contribution in [0, 0.1) is 20.8 Å². The first-order valence-corrected chi connectivity index (χ1v) is 17.2. The Morgan fingerprint density at radius 1 is 0.275 bits per heavy atom. The summed E-state index contributed by atoms with van der Waals surface area (Å²) in [6.45, 7) is 6.74. The number of para-hydroxylation sites is 12. The lowest BCUT2D eigenvalue weighted by Gasteiger charge is -2.42. The Kier molecular flexibility index (Phi) is 6.42. The molecule has 0 spiro atoms. The normalized spacial score (nSPS) is 13.4. The minimum absolute atomic E-state index is 0.808. The van der Waals surface area contributed by atoms with E-state index in [0.29, 0.717) is 0 Å². The van der Waals surface area contributed by atoms with Crippen LogP contribution in [0.1, 0.15) is 16.7 Å². The van der Waals surface area contributed by atoms with Gasteiger partial charge in [-0.1, -0.05) is 72.8 Å². The fraction of sp³-hybridized carbons (Fsp3) is 0.0667. The van der Waals surface area contributed by atoms with Crippen LogP contribution in [0.25, 0.3) is 0 Å². The van der Waals surface area contributed by atoms with Gasteiger partial charge in [-0.25, -0.2) is 0 Å². The summed E-state index contributed by atoms with van der Waals surface area (Å²) in [5.74, 6) is 4.85. The molecule has 0 saturated carbocycles. The molecule has 0 bridgehead atoms. The summed E-state index contributed by atoms with van der Waals surface area (Å²) < 4.78 is 19.5.